The second-order valence-corrected chi connectivity index (χ2v) is 6.60. The number of aryl methyl sites for hydroxylation is 2. The molecule has 106 valence electrons. The van der Waals surface area contributed by atoms with E-state index in [4.69, 9.17) is 0 Å². The van der Waals surface area contributed by atoms with E-state index in [0.717, 1.165) is 29.8 Å². The fourth-order valence-corrected chi connectivity index (χ4v) is 3.53. The van der Waals surface area contributed by atoms with Gasteiger partial charge in [0, 0.05) is 18.3 Å². The molecule has 0 aromatic carbocycles. The highest BCUT2D eigenvalue weighted by atomic mass is 15.0. The highest BCUT2D eigenvalue weighted by molar-refractivity contribution is 5.36. The summed E-state index contributed by atoms with van der Waals surface area (Å²) in [5.41, 5.74) is 1.53. The summed E-state index contributed by atoms with van der Waals surface area (Å²) < 4.78 is 0. The predicted octanol–water partition coefficient (Wildman–Crippen LogP) is 4.11. The SMILES string of the molecule is Cc1cc(NCC2(CC(C)C)CCCC2)nc(C)n1. The van der Waals surface area contributed by atoms with Crippen molar-refractivity contribution in [1.82, 2.24) is 9.97 Å². The first-order chi connectivity index (χ1) is 8.99. The van der Waals surface area contributed by atoms with E-state index in [9.17, 15) is 0 Å². The summed E-state index contributed by atoms with van der Waals surface area (Å²) in [6.45, 7) is 9.70. The van der Waals surface area contributed by atoms with Gasteiger partial charge in [0.15, 0.2) is 0 Å². The van der Waals surface area contributed by atoms with E-state index < -0.39 is 0 Å². The van der Waals surface area contributed by atoms with Crippen LogP contribution in [0.25, 0.3) is 0 Å². The molecule has 3 heteroatoms. The first-order valence-corrected chi connectivity index (χ1v) is 7.55. The quantitative estimate of drug-likeness (QED) is 0.866. The zero-order valence-electron chi connectivity index (χ0n) is 12.8. The molecular weight excluding hydrogens is 234 g/mol. The Labute approximate surface area is 117 Å². The Balaban J connectivity index is 2.02. The molecule has 1 saturated carbocycles. The summed E-state index contributed by atoms with van der Waals surface area (Å²) in [5, 5.41) is 3.56. The first-order valence-electron chi connectivity index (χ1n) is 7.55. The number of hydrogen-bond acceptors (Lipinski definition) is 3. The number of hydrogen-bond donors (Lipinski definition) is 1. The Morgan fingerprint density at radius 1 is 1.21 bits per heavy atom. The molecule has 1 aliphatic rings. The molecule has 0 spiro atoms. The van der Waals surface area contributed by atoms with Gasteiger partial charge in [-0.2, -0.15) is 0 Å². The molecule has 0 bridgehead atoms. The fraction of sp³-hybridized carbons (Fsp3) is 0.750. The highest BCUT2D eigenvalue weighted by Crippen LogP contribution is 2.43. The van der Waals surface area contributed by atoms with Gasteiger partial charge in [0.05, 0.1) is 0 Å². The topological polar surface area (TPSA) is 37.8 Å². The van der Waals surface area contributed by atoms with E-state index in [-0.39, 0.29) is 0 Å². The molecule has 0 aliphatic heterocycles. The maximum atomic E-state index is 4.48. The molecule has 3 nitrogen and oxygen atoms in total. The molecule has 1 heterocycles. The van der Waals surface area contributed by atoms with Gasteiger partial charge in [-0.3, -0.25) is 0 Å². The molecule has 1 fully saturated rings. The Morgan fingerprint density at radius 2 is 1.89 bits per heavy atom. The Hall–Kier alpha value is -1.12. The minimum absolute atomic E-state index is 0.487. The van der Waals surface area contributed by atoms with Crippen LogP contribution in [0.3, 0.4) is 0 Å². The van der Waals surface area contributed by atoms with E-state index in [1.54, 1.807) is 0 Å². The van der Waals surface area contributed by atoms with E-state index in [1.165, 1.54) is 32.1 Å². The lowest BCUT2D eigenvalue weighted by Gasteiger charge is -2.31. The molecule has 0 unspecified atom stereocenters. The third-order valence-electron chi connectivity index (χ3n) is 4.12. The number of rotatable bonds is 5. The third kappa shape index (κ3) is 3.92. The van der Waals surface area contributed by atoms with Gasteiger partial charge in [-0.05, 0) is 44.4 Å². The standard InChI is InChI=1S/C16H27N3/c1-12(2)10-16(7-5-6-8-16)11-17-15-9-13(3)18-14(4)19-15/h9,12H,5-8,10-11H2,1-4H3,(H,17,18,19). The summed E-state index contributed by atoms with van der Waals surface area (Å²) in [4.78, 5) is 8.81. The van der Waals surface area contributed by atoms with Gasteiger partial charge in [0.2, 0.25) is 0 Å². The maximum Gasteiger partial charge on any atom is 0.129 e. The molecule has 0 saturated heterocycles. The number of nitrogens with zero attached hydrogens (tertiary/aromatic N) is 2. The third-order valence-corrected chi connectivity index (χ3v) is 4.12. The smallest absolute Gasteiger partial charge is 0.129 e. The zero-order chi connectivity index (χ0) is 13.9. The van der Waals surface area contributed by atoms with Crippen LogP contribution in [0, 0.1) is 25.2 Å². The maximum absolute atomic E-state index is 4.48. The van der Waals surface area contributed by atoms with Gasteiger partial charge >= 0.3 is 0 Å². The van der Waals surface area contributed by atoms with Crippen LogP contribution in [-0.4, -0.2) is 16.5 Å². The second-order valence-electron chi connectivity index (χ2n) is 6.60. The van der Waals surface area contributed by atoms with Gasteiger partial charge in [-0.15, -0.1) is 0 Å². The Kier molecular flexibility index (Phi) is 4.43. The molecule has 1 N–H and O–H groups in total. The van der Waals surface area contributed by atoms with E-state index in [1.807, 2.05) is 19.9 Å². The van der Waals surface area contributed by atoms with Crippen molar-refractivity contribution >= 4 is 5.82 Å². The van der Waals surface area contributed by atoms with Crippen molar-refractivity contribution in [3.05, 3.63) is 17.6 Å². The molecule has 1 aromatic rings. The highest BCUT2D eigenvalue weighted by Gasteiger charge is 2.34. The van der Waals surface area contributed by atoms with Gasteiger partial charge in [-0.25, -0.2) is 9.97 Å². The monoisotopic (exact) mass is 261 g/mol. The molecule has 0 amide bonds. The minimum atomic E-state index is 0.487. The largest absolute Gasteiger partial charge is 0.369 e. The van der Waals surface area contributed by atoms with Gasteiger partial charge in [0.25, 0.3) is 0 Å². The van der Waals surface area contributed by atoms with Crippen LogP contribution < -0.4 is 5.32 Å². The van der Waals surface area contributed by atoms with Crippen molar-refractivity contribution in [2.75, 3.05) is 11.9 Å². The number of nitrogens with one attached hydrogen (secondary N) is 1. The zero-order valence-corrected chi connectivity index (χ0v) is 12.8. The molecule has 1 aromatic heterocycles. The summed E-state index contributed by atoms with van der Waals surface area (Å²) >= 11 is 0. The van der Waals surface area contributed by atoms with Gasteiger partial charge < -0.3 is 5.32 Å². The number of aromatic nitrogens is 2. The van der Waals surface area contributed by atoms with E-state index in [2.05, 4.69) is 29.1 Å². The van der Waals surface area contributed by atoms with Crippen LogP contribution in [0.5, 0.6) is 0 Å². The van der Waals surface area contributed by atoms with Gasteiger partial charge in [-0.1, -0.05) is 26.7 Å². The van der Waals surface area contributed by atoms with Crippen LogP contribution in [0.2, 0.25) is 0 Å². The van der Waals surface area contributed by atoms with Crippen LogP contribution in [0.1, 0.15) is 57.5 Å². The molecule has 0 atom stereocenters. The predicted molar refractivity (Wildman–Crippen MR) is 80.4 cm³/mol. The van der Waals surface area contributed by atoms with Crippen molar-refractivity contribution < 1.29 is 0 Å². The van der Waals surface area contributed by atoms with E-state index in [0.29, 0.717) is 5.41 Å². The average molecular weight is 261 g/mol. The van der Waals surface area contributed by atoms with Crippen LogP contribution in [-0.2, 0) is 0 Å². The molecule has 0 radical (unpaired) electrons. The van der Waals surface area contributed by atoms with Crippen LogP contribution in [0.4, 0.5) is 5.82 Å². The normalized spacial score (nSPS) is 17.9. The van der Waals surface area contributed by atoms with Crippen molar-refractivity contribution in [2.24, 2.45) is 11.3 Å². The average Bonchev–Trinajstić information content (AvgIpc) is 2.73. The van der Waals surface area contributed by atoms with Gasteiger partial charge in [0.1, 0.15) is 11.6 Å². The first kappa shape index (κ1) is 14.3. The Morgan fingerprint density at radius 3 is 2.47 bits per heavy atom. The molecular formula is C16H27N3. The fourth-order valence-electron chi connectivity index (χ4n) is 3.53. The van der Waals surface area contributed by atoms with Crippen molar-refractivity contribution in [3.63, 3.8) is 0 Å². The Bertz CT molecular complexity index is 400. The van der Waals surface area contributed by atoms with Crippen molar-refractivity contribution in [2.45, 2.75) is 59.8 Å². The van der Waals surface area contributed by atoms with Crippen LogP contribution >= 0.6 is 0 Å². The number of anilines is 1. The summed E-state index contributed by atoms with van der Waals surface area (Å²) in [6.07, 6.45) is 6.82. The lowest BCUT2D eigenvalue weighted by molar-refractivity contribution is 0.252. The summed E-state index contributed by atoms with van der Waals surface area (Å²) in [5.74, 6) is 2.61. The minimum Gasteiger partial charge on any atom is -0.369 e. The van der Waals surface area contributed by atoms with E-state index >= 15 is 0 Å². The summed E-state index contributed by atoms with van der Waals surface area (Å²) in [7, 11) is 0. The summed E-state index contributed by atoms with van der Waals surface area (Å²) in [6, 6.07) is 2.05. The van der Waals surface area contributed by atoms with Crippen molar-refractivity contribution in [1.29, 1.82) is 0 Å². The molecule has 1 aliphatic carbocycles. The van der Waals surface area contributed by atoms with Crippen LogP contribution in [0.15, 0.2) is 6.07 Å². The lowest BCUT2D eigenvalue weighted by Crippen LogP contribution is -2.28. The lowest BCUT2D eigenvalue weighted by atomic mass is 9.78. The molecule has 19 heavy (non-hydrogen) atoms. The second kappa shape index (κ2) is 5.89. The molecule has 2 rings (SSSR count). The van der Waals surface area contributed by atoms with Crippen molar-refractivity contribution in [3.8, 4) is 0 Å².